The van der Waals surface area contributed by atoms with E-state index in [-0.39, 0.29) is 5.91 Å². The minimum atomic E-state index is -0.111. The predicted octanol–water partition coefficient (Wildman–Crippen LogP) is 0.786. The van der Waals surface area contributed by atoms with Gasteiger partial charge in [-0.25, -0.2) is 4.98 Å². The highest BCUT2D eigenvalue weighted by molar-refractivity contribution is 5.93. The van der Waals surface area contributed by atoms with E-state index in [0.29, 0.717) is 24.3 Å². The Kier molecular flexibility index (Phi) is 3.66. The topological polar surface area (TPSA) is 88.7 Å². The van der Waals surface area contributed by atoms with Crippen molar-refractivity contribution in [2.24, 2.45) is 0 Å². The van der Waals surface area contributed by atoms with E-state index in [0.717, 1.165) is 12.4 Å². The first-order valence-corrected chi connectivity index (χ1v) is 5.92. The van der Waals surface area contributed by atoms with Crippen molar-refractivity contribution in [2.75, 3.05) is 12.3 Å². The number of H-pyrrole nitrogens is 1. The SMILES string of the molecule is CCn1cc(N)cc1C(=O)NCCc1ncc[nH]1. The minimum absolute atomic E-state index is 0.111. The van der Waals surface area contributed by atoms with Gasteiger partial charge in [-0.3, -0.25) is 4.79 Å². The van der Waals surface area contributed by atoms with Crippen molar-refractivity contribution in [1.82, 2.24) is 19.9 Å². The van der Waals surface area contributed by atoms with Gasteiger partial charge in [0, 0.05) is 38.1 Å². The molecule has 0 atom stereocenters. The van der Waals surface area contributed by atoms with Crippen LogP contribution in [0.4, 0.5) is 5.69 Å². The number of hydrogen-bond acceptors (Lipinski definition) is 3. The maximum Gasteiger partial charge on any atom is 0.267 e. The van der Waals surface area contributed by atoms with Crippen LogP contribution in [0.25, 0.3) is 0 Å². The summed E-state index contributed by atoms with van der Waals surface area (Å²) < 4.78 is 1.83. The predicted molar refractivity (Wildman–Crippen MR) is 69.1 cm³/mol. The molecule has 0 saturated carbocycles. The lowest BCUT2D eigenvalue weighted by molar-refractivity contribution is 0.0945. The van der Waals surface area contributed by atoms with Gasteiger partial charge in [0.05, 0.1) is 5.69 Å². The first kappa shape index (κ1) is 12.2. The summed E-state index contributed by atoms with van der Waals surface area (Å²) in [5.74, 6) is 0.751. The number of carbonyl (C=O) groups is 1. The van der Waals surface area contributed by atoms with Crippen molar-refractivity contribution in [3.05, 3.63) is 36.2 Å². The zero-order valence-electron chi connectivity index (χ0n) is 10.3. The van der Waals surface area contributed by atoms with Gasteiger partial charge in [-0.05, 0) is 13.0 Å². The number of rotatable bonds is 5. The molecule has 2 aromatic heterocycles. The lowest BCUT2D eigenvalue weighted by atomic mass is 10.3. The van der Waals surface area contributed by atoms with E-state index >= 15 is 0 Å². The molecule has 6 heteroatoms. The van der Waals surface area contributed by atoms with Gasteiger partial charge < -0.3 is 20.6 Å². The summed E-state index contributed by atoms with van der Waals surface area (Å²) in [6, 6.07) is 1.69. The van der Waals surface area contributed by atoms with Crippen LogP contribution in [-0.4, -0.2) is 27.0 Å². The van der Waals surface area contributed by atoms with E-state index in [1.54, 1.807) is 24.7 Å². The lowest BCUT2D eigenvalue weighted by Gasteiger charge is -2.06. The number of anilines is 1. The second-order valence-corrected chi connectivity index (χ2v) is 3.99. The molecule has 0 aliphatic carbocycles. The fraction of sp³-hybridized carbons (Fsp3) is 0.333. The van der Waals surface area contributed by atoms with Crippen LogP contribution in [0.3, 0.4) is 0 Å². The molecule has 0 radical (unpaired) electrons. The number of nitrogen functional groups attached to an aromatic ring is 1. The number of nitrogens with two attached hydrogens (primary N) is 1. The number of amides is 1. The first-order valence-electron chi connectivity index (χ1n) is 5.92. The van der Waals surface area contributed by atoms with E-state index in [4.69, 9.17) is 5.73 Å². The molecule has 0 spiro atoms. The average molecular weight is 247 g/mol. The van der Waals surface area contributed by atoms with Crippen molar-refractivity contribution >= 4 is 11.6 Å². The van der Waals surface area contributed by atoms with E-state index < -0.39 is 0 Å². The molecule has 2 aromatic rings. The Hall–Kier alpha value is -2.24. The number of carbonyl (C=O) groups excluding carboxylic acids is 1. The Bertz CT molecular complexity index is 515. The Morgan fingerprint density at radius 1 is 1.61 bits per heavy atom. The van der Waals surface area contributed by atoms with Crippen LogP contribution in [-0.2, 0) is 13.0 Å². The zero-order valence-corrected chi connectivity index (χ0v) is 10.3. The molecule has 2 heterocycles. The Morgan fingerprint density at radius 3 is 3.11 bits per heavy atom. The average Bonchev–Trinajstić information content (AvgIpc) is 2.98. The molecule has 0 aliphatic rings. The molecular formula is C12H17N5O. The third-order valence-corrected chi connectivity index (χ3v) is 2.69. The van der Waals surface area contributed by atoms with Crippen molar-refractivity contribution in [1.29, 1.82) is 0 Å². The molecular weight excluding hydrogens is 230 g/mol. The number of nitrogens with one attached hydrogen (secondary N) is 2. The highest BCUT2D eigenvalue weighted by Gasteiger charge is 2.11. The Balaban J connectivity index is 1.91. The van der Waals surface area contributed by atoms with Crippen LogP contribution in [0.1, 0.15) is 23.2 Å². The lowest BCUT2D eigenvalue weighted by Crippen LogP contribution is -2.27. The Labute approximate surface area is 105 Å². The maximum atomic E-state index is 11.9. The summed E-state index contributed by atoms with van der Waals surface area (Å²) >= 11 is 0. The molecule has 0 saturated heterocycles. The van der Waals surface area contributed by atoms with Gasteiger partial charge in [-0.15, -0.1) is 0 Å². The normalized spacial score (nSPS) is 10.5. The number of aromatic nitrogens is 3. The summed E-state index contributed by atoms with van der Waals surface area (Å²) in [6.07, 6.45) is 5.91. The number of aryl methyl sites for hydroxylation is 1. The summed E-state index contributed by atoms with van der Waals surface area (Å²) in [6.45, 7) is 3.23. The van der Waals surface area contributed by atoms with Crippen LogP contribution in [0.5, 0.6) is 0 Å². The maximum absolute atomic E-state index is 11.9. The second kappa shape index (κ2) is 5.39. The van der Waals surface area contributed by atoms with Crippen LogP contribution in [0.2, 0.25) is 0 Å². The van der Waals surface area contributed by atoms with Gasteiger partial charge in [-0.1, -0.05) is 0 Å². The monoisotopic (exact) mass is 247 g/mol. The number of imidazole rings is 1. The quantitative estimate of drug-likeness (QED) is 0.729. The van der Waals surface area contributed by atoms with E-state index in [1.165, 1.54) is 0 Å². The fourth-order valence-electron chi connectivity index (χ4n) is 1.80. The molecule has 0 unspecified atom stereocenters. The third kappa shape index (κ3) is 2.71. The van der Waals surface area contributed by atoms with Crippen molar-refractivity contribution in [3.8, 4) is 0 Å². The fourth-order valence-corrected chi connectivity index (χ4v) is 1.80. The third-order valence-electron chi connectivity index (χ3n) is 2.69. The van der Waals surface area contributed by atoms with Gasteiger partial charge in [0.2, 0.25) is 0 Å². The summed E-state index contributed by atoms with van der Waals surface area (Å²) in [4.78, 5) is 19.0. The van der Waals surface area contributed by atoms with E-state index in [1.807, 2.05) is 11.5 Å². The largest absolute Gasteiger partial charge is 0.397 e. The minimum Gasteiger partial charge on any atom is -0.397 e. The molecule has 96 valence electrons. The number of aromatic amines is 1. The molecule has 0 aromatic carbocycles. The van der Waals surface area contributed by atoms with Gasteiger partial charge in [-0.2, -0.15) is 0 Å². The molecule has 0 bridgehead atoms. The summed E-state index contributed by atoms with van der Waals surface area (Å²) in [5, 5.41) is 2.85. The second-order valence-electron chi connectivity index (χ2n) is 3.99. The highest BCUT2D eigenvalue weighted by Crippen LogP contribution is 2.10. The standard InChI is InChI=1S/C12H17N5O/c1-2-17-8-9(13)7-10(17)12(18)16-4-3-11-14-5-6-15-11/h5-8H,2-4,13H2,1H3,(H,14,15)(H,16,18). The van der Waals surface area contributed by atoms with Crippen molar-refractivity contribution in [2.45, 2.75) is 19.9 Å². The van der Waals surface area contributed by atoms with Gasteiger partial charge in [0.15, 0.2) is 0 Å². The molecule has 0 fully saturated rings. The highest BCUT2D eigenvalue weighted by atomic mass is 16.1. The van der Waals surface area contributed by atoms with E-state index in [2.05, 4.69) is 15.3 Å². The smallest absolute Gasteiger partial charge is 0.267 e. The molecule has 18 heavy (non-hydrogen) atoms. The van der Waals surface area contributed by atoms with Crippen LogP contribution < -0.4 is 11.1 Å². The number of nitrogens with zero attached hydrogens (tertiary/aromatic N) is 2. The Morgan fingerprint density at radius 2 is 2.44 bits per heavy atom. The van der Waals surface area contributed by atoms with Crippen LogP contribution in [0.15, 0.2) is 24.7 Å². The number of hydrogen-bond donors (Lipinski definition) is 3. The zero-order chi connectivity index (χ0) is 13.0. The van der Waals surface area contributed by atoms with E-state index in [9.17, 15) is 4.79 Å². The van der Waals surface area contributed by atoms with Gasteiger partial charge >= 0.3 is 0 Å². The first-order chi connectivity index (χ1) is 8.70. The van der Waals surface area contributed by atoms with Crippen molar-refractivity contribution in [3.63, 3.8) is 0 Å². The van der Waals surface area contributed by atoms with Gasteiger partial charge in [0.1, 0.15) is 11.5 Å². The molecule has 4 N–H and O–H groups in total. The van der Waals surface area contributed by atoms with Crippen LogP contribution in [0, 0.1) is 0 Å². The molecule has 1 amide bonds. The molecule has 6 nitrogen and oxygen atoms in total. The molecule has 0 aliphatic heterocycles. The van der Waals surface area contributed by atoms with Crippen LogP contribution >= 0.6 is 0 Å². The summed E-state index contributed by atoms with van der Waals surface area (Å²) in [5.41, 5.74) is 6.88. The summed E-state index contributed by atoms with van der Waals surface area (Å²) in [7, 11) is 0. The van der Waals surface area contributed by atoms with Crippen molar-refractivity contribution < 1.29 is 4.79 Å². The van der Waals surface area contributed by atoms with Gasteiger partial charge in [0.25, 0.3) is 5.91 Å². The molecule has 2 rings (SSSR count).